The van der Waals surface area contributed by atoms with E-state index in [2.05, 4.69) is 25.9 Å². The van der Waals surface area contributed by atoms with Crippen LogP contribution in [0.25, 0.3) is 0 Å². The van der Waals surface area contributed by atoms with Crippen LogP contribution in [0.15, 0.2) is 45.0 Å². The van der Waals surface area contributed by atoms with Crippen molar-refractivity contribution in [1.29, 1.82) is 0 Å². The van der Waals surface area contributed by atoms with Crippen LogP contribution >= 0.6 is 27.7 Å². The maximum atomic E-state index is 5.71. The maximum absolute atomic E-state index is 5.71. The Morgan fingerprint density at radius 1 is 1.29 bits per heavy atom. The van der Waals surface area contributed by atoms with E-state index >= 15 is 0 Å². The number of aromatic nitrogens is 2. The average molecular weight is 310 g/mol. The summed E-state index contributed by atoms with van der Waals surface area (Å²) < 4.78 is 0.969. The van der Waals surface area contributed by atoms with Crippen molar-refractivity contribution in [2.45, 2.75) is 23.5 Å². The van der Waals surface area contributed by atoms with Crippen molar-refractivity contribution in [3.05, 3.63) is 46.2 Å². The second kappa shape index (κ2) is 5.62. The molecule has 0 aliphatic carbocycles. The van der Waals surface area contributed by atoms with Crippen LogP contribution in [0.3, 0.4) is 0 Å². The highest BCUT2D eigenvalue weighted by atomic mass is 79.9. The van der Waals surface area contributed by atoms with Gasteiger partial charge >= 0.3 is 0 Å². The number of nitrogens with two attached hydrogens (primary N) is 1. The first-order chi connectivity index (χ1) is 8.20. The molecule has 3 nitrogen and oxygen atoms in total. The molecule has 17 heavy (non-hydrogen) atoms. The molecule has 0 saturated carbocycles. The molecule has 0 amide bonds. The first-order valence-electron chi connectivity index (χ1n) is 5.15. The normalized spacial score (nSPS) is 10.5. The summed E-state index contributed by atoms with van der Waals surface area (Å²) in [7, 11) is 0. The summed E-state index contributed by atoms with van der Waals surface area (Å²) in [5.41, 5.74) is 7.73. The Morgan fingerprint density at radius 2 is 2.12 bits per heavy atom. The van der Waals surface area contributed by atoms with Crippen LogP contribution < -0.4 is 5.73 Å². The summed E-state index contributed by atoms with van der Waals surface area (Å²) in [5.74, 6) is 0. The smallest absolute Gasteiger partial charge is 0.116 e. The third-order valence-electron chi connectivity index (χ3n) is 2.22. The van der Waals surface area contributed by atoms with E-state index in [9.17, 15) is 0 Å². The van der Waals surface area contributed by atoms with E-state index in [4.69, 9.17) is 5.73 Å². The first kappa shape index (κ1) is 12.5. The van der Waals surface area contributed by atoms with E-state index in [-0.39, 0.29) is 0 Å². The van der Waals surface area contributed by atoms with Crippen molar-refractivity contribution in [1.82, 2.24) is 9.97 Å². The number of pyridine rings is 2. The second-order valence-corrected chi connectivity index (χ2v) is 5.35. The van der Waals surface area contributed by atoms with Gasteiger partial charge in [0.05, 0.1) is 4.47 Å². The molecule has 5 heteroatoms. The highest BCUT2D eigenvalue weighted by molar-refractivity contribution is 9.10. The lowest BCUT2D eigenvalue weighted by Gasteiger charge is -2.07. The molecule has 0 spiro atoms. The molecule has 0 aliphatic heterocycles. The van der Waals surface area contributed by atoms with Crippen molar-refractivity contribution in [3.63, 3.8) is 0 Å². The van der Waals surface area contributed by atoms with Gasteiger partial charge in [-0.25, -0.2) is 9.97 Å². The van der Waals surface area contributed by atoms with Crippen LogP contribution in [-0.4, -0.2) is 9.97 Å². The molecule has 0 atom stereocenters. The fourth-order valence-corrected chi connectivity index (χ4v) is 2.78. The molecule has 0 aromatic carbocycles. The minimum Gasteiger partial charge on any atom is -0.326 e. The molecule has 0 fully saturated rings. The Labute approximate surface area is 113 Å². The van der Waals surface area contributed by atoms with Gasteiger partial charge in [-0.05, 0) is 58.4 Å². The lowest BCUT2D eigenvalue weighted by Crippen LogP contribution is -2.01. The van der Waals surface area contributed by atoms with E-state index in [1.807, 2.05) is 31.2 Å². The zero-order valence-corrected chi connectivity index (χ0v) is 11.8. The monoisotopic (exact) mass is 309 g/mol. The van der Waals surface area contributed by atoms with Gasteiger partial charge in [-0.2, -0.15) is 0 Å². The zero-order chi connectivity index (χ0) is 12.3. The van der Waals surface area contributed by atoms with Crippen LogP contribution in [0.5, 0.6) is 0 Å². The van der Waals surface area contributed by atoms with Gasteiger partial charge in [-0.3, -0.25) is 0 Å². The van der Waals surface area contributed by atoms with Crippen LogP contribution in [0.2, 0.25) is 0 Å². The molecule has 0 unspecified atom stereocenters. The van der Waals surface area contributed by atoms with Crippen molar-refractivity contribution in [2.75, 3.05) is 0 Å². The molecule has 88 valence electrons. The van der Waals surface area contributed by atoms with Gasteiger partial charge in [-0.1, -0.05) is 6.07 Å². The van der Waals surface area contributed by atoms with E-state index in [0.717, 1.165) is 25.8 Å². The van der Waals surface area contributed by atoms with E-state index in [1.54, 1.807) is 6.20 Å². The van der Waals surface area contributed by atoms with Crippen molar-refractivity contribution < 1.29 is 0 Å². The van der Waals surface area contributed by atoms with Gasteiger partial charge < -0.3 is 5.73 Å². The van der Waals surface area contributed by atoms with Crippen molar-refractivity contribution in [2.24, 2.45) is 5.73 Å². The quantitative estimate of drug-likeness (QED) is 0.946. The van der Waals surface area contributed by atoms with Gasteiger partial charge in [-0.15, -0.1) is 0 Å². The van der Waals surface area contributed by atoms with E-state index in [0.29, 0.717) is 6.54 Å². The first-order valence-corrected chi connectivity index (χ1v) is 6.76. The maximum Gasteiger partial charge on any atom is 0.116 e. The number of rotatable bonds is 3. The molecule has 0 aliphatic rings. The SMILES string of the molecule is Cc1ccc(CN)c(Sc2ncccc2Br)n1. The topological polar surface area (TPSA) is 51.8 Å². The van der Waals surface area contributed by atoms with Crippen molar-refractivity contribution in [3.8, 4) is 0 Å². The minimum absolute atomic E-state index is 0.486. The molecular formula is C12H12BrN3S. The average Bonchev–Trinajstić information content (AvgIpc) is 2.32. The Hall–Kier alpha value is -0.910. The molecule has 2 aromatic heterocycles. The summed E-state index contributed by atoms with van der Waals surface area (Å²) >= 11 is 5.01. The third-order valence-corrected chi connectivity index (χ3v) is 4.18. The van der Waals surface area contributed by atoms with Gasteiger partial charge in [0.2, 0.25) is 0 Å². The zero-order valence-electron chi connectivity index (χ0n) is 9.35. The summed E-state index contributed by atoms with van der Waals surface area (Å²) in [6.07, 6.45) is 1.77. The molecule has 0 radical (unpaired) electrons. The standard InChI is InChI=1S/C12H12BrN3S/c1-8-4-5-9(7-14)11(16-8)17-12-10(13)3-2-6-15-12/h2-6H,7,14H2,1H3. The lowest BCUT2D eigenvalue weighted by atomic mass is 10.2. The molecule has 0 bridgehead atoms. The molecule has 0 saturated heterocycles. The van der Waals surface area contributed by atoms with Crippen LogP contribution in [-0.2, 0) is 6.54 Å². The number of halogens is 1. The molecule has 2 N–H and O–H groups in total. The summed E-state index contributed by atoms with van der Waals surface area (Å²) in [6, 6.07) is 7.84. The summed E-state index contributed by atoms with van der Waals surface area (Å²) in [5, 5.41) is 1.83. The van der Waals surface area contributed by atoms with Gasteiger partial charge in [0.25, 0.3) is 0 Å². The fourth-order valence-electron chi connectivity index (χ4n) is 1.34. The van der Waals surface area contributed by atoms with Crippen LogP contribution in [0.1, 0.15) is 11.3 Å². The Bertz CT molecular complexity index is 531. The second-order valence-electron chi connectivity index (χ2n) is 3.51. The summed E-state index contributed by atoms with van der Waals surface area (Å²) in [4.78, 5) is 8.82. The third kappa shape index (κ3) is 3.06. The van der Waals surface area contributed by atoms with Crippen molar-refractivity contribution >= 4 is 27.7 Å². The molecule has 2 rings (SSSR count). The van der Waals surface area contributed by atoms with Crippen LogP contribution in [0, 0.1) is 6.92 Å². The fraction of sp³-hybridized carbons (Fsp3) is 0.167. The lowest BCUT2D eigenvalue weighted by molar-refractivity contribution is 0.937. The van der Waals surface area contributed by atoms with Gasteiger partial charge in [0, 0.05) is 18.4 Å². The molecular weight excluding hydrogens is 298 g/mol. The van der Waals surface area contributed by atoms with Crippen LogP contribution in [0.4, 0.5) is 0 Å². The summed E-state index contributed by atoms with van der Waals surface area (Å²) in [6.45, 7) is 2.46. The predicted octanol–water partition coefficient (Wildman–Crippen LogP) is 3.16. The number of hydrogen-bond donors (Lipinski definition) is 1. The largest absolute Gasteiger partial charge is 0.326 e. The van der Waals surface area contributed by atoms with E-state index < -0.39 is 0 Å². The number of nitrogens with zero attached hydrogens (tertiary/aromatic N) is 2. The Morgan fingerprint density at radius 3 is 2.82 bits per heavy atom. The van der Waals surface area contributed by atoms with Gasteiger partial charge in [0.1, 0.15) is 10.1 Å². The number of hydrogen-bond acceptors (Lipinski definition) is 4. The number of aryl methyl sites for hydroxylation is 1. The molecule has 2 aromatic rings. The Balaban J connectivity index is 2.35. The molecule has 2 heterocycles. The predicted molar refractivity (Wildman–Crippen MR) is 72.9 cm³/mol. The highest BCUT2D eigenvalue weighted by Crippen LogP contribution is 2.32. The minimum atomic E-state index is 0.486. The van der Waals surface area contributed by atoms with Gasteiger partial charge in [0.15, 0.2) is 0 Å². The Kier molecular flexibility index (Phi) is 4.15. The van der Waals surface area contributed by atoms with E-state index in [1.165, 1.54) is 11.8 Å². The highest BCUT2D eigenvalue weighted by Gasteiger charge is 2.08.